The van der Waals surface area contributed by atoms with Crippen molar-refractivity contribution in [3.8, 4) is 5.75 Å². The van der Waals surface area contributed by atoms with E-state index in [9.17, 15) is 9.90 Å². The molecule has 136 valence electrons. The summed E-state index contributed by atoms with van der Waals surface area (Å²) >= 11 is 0. The van der Waals surface area contributed by atoms with Crippen molar-refractivity contribution in [2.24, 2.45) is 0 Å². The van der Waals surface area contributed by atoms with Crippen LogP contribution >= 0.6 is 0 Å². The van der Waals surface area contributed by atoms with Gasteiger partial charge in [-0.3, -0.25) is 0 Å². The lowest BCUT2D eigenvalue weighted by Gasteiger charge is -2.05. The molecule has 0 aromatic heterocycles. The molecule has 0 amide bonds. The number of carboxylic acids is 1. The number of carboxylic acid groups (broad SMARTS) is 1. The number of hydrogen-bond donors (Lipinski definition) is 2. The van der Waals surface area contributed by atoms with Gasteiger partial charge < -0.3 is 10.2 Å². The molecular formula is C22H30O3. The Morgan fingerprint density at radius 3 is 2.16 bits per heavy atom. The molecule has 0 aliphatic rings. The van der Waals surface area contributed by atoms with E-state index in [1.165, 1.54) is 34.9 Å². The summed E-state index contributed by atoms with van der Waals surface area (Å²) in [6, 6.07) is 4.40. The second-order valence-electron chi connectivity index (χ2n) is 6.81. The maximum Gasteiger partial charge on any atom is 0.335 e. The van der Waals surface area contributed by atoms with E-state index in [2.05, 4.69) is 45.9 Å². The van der Waals surface area contributed by atoms with Crippen LogP contribution < -0.4 is 0 Å². The highest BCUT2D eigenvalue weighted by molar-refractivity contribution is 5.88. The molecular weight excluding hydrogens is 312 g/mol. The van der Waals surface area contributed by atoms with Crippen LogP contribution in [0.2, 0.25) is 0 Å². The predicted molar refractivity (Wildman–Crippen MR) is 104 cm³/mol. The van der Waals surface area contributed by atoms with Crippen LogP contribution in [0.25, 0.3) is 0 Å². The Morgan fingerprint density at radius 1 is 0.960 bits per heavy atom. The molecule has 0 atom stereocenters. The highest BCUT2D eigenvalue weighted by Gasteiger charge is 2.07. The smallest absolute Gasteiger partial charge is 0.335 e. The second-order valence-corrected chi connectivity index (χ2v) is 6.81. The van der Waals surface area contributed by atoms with Gasteiger partial charge in [-0.05, 0) is 83.6 Å². The van der Waals surface area contributed by atoms with Crippen molar-refractivity contribution in [1.29, 1.82) is 0 Å². The number of benzene rings is 1. The number of hydrogen-bond acceptors (Lipinski definition) is 2. The van der Waals surface area contributed by atoms with Gasteiger partial charge in [0.05, 0.1) is 5.56 Å². The summed E-state index contributed by atoms with van der Waals surface area (Å²) in [5, 5.41) is 18.9. The first-order valence-corrected chi connectivity index (χ1v) is 8.79. The Bertz CT molecular complexity index is 675. The number of rotatable bonds is 9. The van der Waals surface area contributed by atoms with Crippen LogP contribution in [-0.2, 0) is 6.42 Å². The lowest BCUT2D eigenvalue weighted by molar-refractivity contribution is 0.0696. The Hall–Kier alpha value is -2.29. The van der Waals surface area contributed by atoms with Gasteiger partial charge in [0.25, 0.3) is 0 Å². The topological polar surface area (TPSA) is 57.5 Å². The zero-order valence-electron chi connectivity index (χ0n) is 15.8. The third kappa shape index (κ3) is 8.39. The summed E-state index contributed by atoms with van der Waals surface area (Å²) in [4.78, 5) is 11.0. The molecule has 2 N–H and O–H groups in total. The molecule has 0 fully saturated rings. The molecule has 0 unspecified atom stereocenters. The number of aromatic carboxylic acids is 1. The second kappa shape index (κ2) is 10.5. The van der Waals surface area contributed by atoms with Crippen LogP contribution in [0.15, 0.2) is 53.1 Å². The van der Waals surface area contributed by atoms with E-state index in [1.807, 2.05) is 0 Å². The van der Waals surface area contributed by atoms with Gasteiger partial charge >= 0.3 is 5.97 Å². The zero-order valence-corrected chi connectivity index (χ0v) is 15.8. The monoisotopic (exact) mass is 342 g/mol. The van der Waals surface area contributed by atoms with Gasteiger partial charge in [-0.15, -0.1) is 0 Å². The van der Waals surface area contributed by atoms with Crippen molar-refractivity contribution < 1.29 is 15.0 Å². The molecule has 0 radical (unpaired) electrons. The minimum absolute atomic E-state index is 0.143. The number of carbonyl (C=O) groups is 1. The van der Waals surface area contributed by atoms with Gasteiger partial charge in [0.15, 0.2) is 0 Å². The predicted octanol–water partition coefficient (Wildman–Crippen LogP) is 6.05. The molecule has 1 aromatic rings. The molecule has 0 aliphatic heterocycles. The fourth-order valence-electron chi connectivity index (χ4n) is 2.51. The van der Waals surface area contributed by atoms with E-state index < -0.39 is 5.97 Å². The largest absolute Gasteiger partial charge is 0.508 e. The van der Waals surface area contributed by atoms with Crippen molar-refractivity contribution in [2.75, 3.05) is 0 Å². The van der Waals surface area contributed by atoms with Gasteiger partial charge in [-0.1, -0.05) is 34.9 Å². The van der Waals surface area contributed by atoms with Crippen molar-refractivity contribution >= 4 is 5.97 Å². The summed E-state index contributed by atoms with van der Waals surface area (Å²) in [7, 11) is 0. The van der Waals surface area contributed by atoms with Gasteiger partial charge in [0, 0.05) is 0 Å². The maximum atomic E-state index is 11.0. The summed E-state index contributed by atoms with van der Waals surface area (Å²) in [6.45, 7) is 8.49. The van der Waals surface area contributed by atoms with E-state index in [1.54, 1.807) is 0 Å². The van der Waals surface area contributed by atoms with Crippen LogP contribution in [0.3, 0.4) is 0 Å². The molecule has 0 saturated heterocycles. The third-order valence-corrected chi connectivity index (χ3v) is 4.12. The number of aromatic hydroxyl groups is 1. The summed E-state index contributed by atoms with van der Waals surface area (Å²) in [5.41, 5.74) is 4.87. The normalized spacial score (nSPS) is 12.2. The van der Waals surface area contributed by atoms with Crippen LogP contribution in [-0.4, -0.2) is 16.2 Å². The van der Waals surface area contributed by atoms with Crippen LogP contribution in [0, 0.1) is 0 Å². The lowest BCUT2D eigenvalue weighted by Crippen LogP contribution is -1.97. The summed E-state index contributed by atoms with van der Waals surface area (Å²) in [6.07, 6.45) is 11.3. The quantitative estimate of drug-likeness (QED) is 0.537. The van der Waals surface area contributed by atoms with Gasteiger partial charge in [0.2, 0.25) is 0 Å². The van der Waals surface area contributed by atoms with Crippen molar-refractivity contribution in [1.82, 2.24) is 0 Å². The Balaban J connectivity index is 2.53. The molecule has 0 bridgehead atoms. The Kier molecular flexibility index (Phi) is 8.76. The number of allylic oxidation sites excluding steroid dienone is 6. The zero-order chi connectivity index (χ0) is 18.8. The molecule has 3 nitrogen and oxygen atoms in total. The fraction of sp³-hybridized carbons (Fsp3) is 0.409. The van der Waals surface area contributed by atoms with Gasteiger partial charge in [-0.25, -0.2) is 4.79 Å². The SMILES string of the molecule is CC(C)=CCC/C(C)=C\CC/C(C)=C\Cc1cc(C(=O)O)ccc1O. The molecule has 0 saturated carbocycles. The number of phenols is 1. The molecule has 1 rings (SSSR count). The first kappa shape index (κ1) is 20.8. The van der Waals surface area contributed by atoms with Crippen LogP contribution in [0.4, 0.5) is 0 Å². The maximum absolute atomic E-state index is 11.0. The summed E-state index contributed by atoms with van der Waals surface area (Å²) in [5.74, 6) is -0.834. The van der Waals surface area contributed by atoms with Crippen molar-refractivity contribution in [3.63, 3.8) is 0 Å². The Morgan fingerprint density at radius 2 is 1.56 bits per heavy atom. The van der Waals surface area contributed by atoms with Crippen LogP contribution in [0.1, 0.15) is 69.3 Å². The Labute approximate surface area is 151 Å². The van der Waals surface area contributed by atoms with Gasteiger partial charge in [0.1, 0.15) is 5.75 Å². The first-order valence-electron chi connectivity index (χ1n) is 8.79. The van der Waals surface area contributed by atoms with Crippen LogP contribution in [0.5, 0.6) is 5.75 Å². The molecule has 1 aromatic carbocycles. The fourth-order valence-corrected chi connectivity index (χ4v) is 2.51. The van der Waals surface area contributed by atoms with E-state index in [0.29, 0.717) is 12.0 Å². The third-order valence-electron chi connectivity index (χ3n) is 4.12. The molecule has 0 spiro atoms. The van der Waals surface area contributed by atoms with E-state index in [0.717, 1.165) is 25.7 Å². The molecule has 0 heterocycles. The standard InChI is InChI=1S/C22H30O3/c1-16(2)7-5-8-17(3)9-6-10-18(4)11-12-19-15-20(22(24)25)13-14-21(19)23/h7,9,11,13-15,23H,5-6,8,10,12H2,1-4H3,(H,24,25)/b17-9-,18-11-. The molecule has 3 heteroatoms. The average molecular weight is 342 g/mol. The minimum atomic E-state index is -0.976. The first-order chi connectivity index (χ1) is 11.8. The highest BCUT2D eigenvalue weighted by atomic mass is 16.4. The summed E-state index contributed by atoms with van der Waals surface area (Å²) < 4.78 is 0. The minimum Gasteiger partial charge on any atom is -0.508 e. The lowest BCUT2D eigenvalue weighted by atomic mass is 10.0. The van der Waals surface area contributed by atoms with E-state index in [-0.39, 0.29) is 11.3 Å². The van der Waals surface area contributed by atoms with E-state index >= 15 is 0 Å². The van der Waals surface area contributed by atoms with Crippen molar-refractivity contribution in [3.05, 3.63) is 64.3 Å². The van der Waals surface area contributed by atoms with Crippen molar-refractivity contribution in [2.45, 2.75) is 59.8 Å². The highest BCUT2D eigenvalue weighted by Crippen LogP contribution is 2.21. The number of phenolic OH excluding ortho intramolecular Hbond substituents is 1. The average Bonchev–Trinajstić information content (AvgIpc) is 2.53. The molecule has 25 heavy (non-hydrogen) atoms. The van der Waals surface area contributed by atoms with E-state index in [4.69, 9.17) is 5.11 Å². The molecule has 0 aliphatic carbocycles. The van der Waals surface area contributed by atoms with Gasteiger partial charge in [-0.2, -0.15) is 0 Å².